The molecule has 0 aliphatic heterocycles. The van der Waals surface area contributed by atoms with Gasteiger partial charge in [-0.1, -0.05) is 30.6 Å². The van der Waals surface area contributed by atoms with E-state index in [1.807, 2.05) is 48.5 Å². The molecular weight excluding hydrogens is 365 g/mol. The number of hydrogen-bond acceptors (Lipinski definition) is 2. The fourth-order valence-corrected chi connectivity index (χ4v) is 2.75. The standard InChI is InChI=1S/C25H16FNS/c1-2-21-15-19(4-3-18-8-13-24(28)14-9-18)5-10-22(21)11-6-20-7-12-23(17-27)25(26)16-20/h5,7-10,12-16,28H,2H2,1H3. The van der Waals surface area contributed by atoms with Gasteiger partial charge < -0.3 is 0 Å². The van der Waals surface area contributed by atoms with E-state index in [1.165, 1.54) is 12.1 Å². The van der Waals surface area contributed by atoms with Crippen molar-refractivity contribution in [1.29, 1.82) is 5.26 Å². The van der Waals surface area contributed by atoms with E-state index >= 15 is 0 Å². The van der Waals surface area contributed by atoms with Crippen molar-refractivity contribution in [2.24, 2.45) is 0 Å². The van der Waals surface area contributed by atoms with Crippen molar-refractivity contribution in [3.8, 4) is 29.8 Å². The predicted molar refractivity (Wildman–Crippen MR) is 113 cm³/mol. The summed E-state index contributed by atoms with van der Waals surface area (Å²) in [4.78, 5) is 0.906. The summed E-state index contributed by atoms with van der Waals surface area (Å²) in [5.74, 6) is 11.8. The summed E-state index contributed by atoms with van der Waals surface area (Å²) >= 11 is 4.27. The summed E-state index contributed by atoms with van der Waals surface area (Å²) in [6.45, 7) is 2.06. The Balaban J connectivity index is 1.86. The molecule has 0 saturated heterocycles. The molecule has 3 aromatic rings. The van der Waals surface area contributed by atoms with E-state index in [9.17, 15) is 4.39 Å². The van der Waals surface area contributed by atoms with E-state index in [-0.39, 0.29) is 5.56 Å². The van der Waals surface area contributed by atoms with Gasteiger partial charge in [0, 0.05) is 27.1 Å². The lowest BCUT2D eigenvalue weighted by atomic mass is 10.0. The van der Waals surface area contributed by atoms with E-state index in [1.54, 1.807) is 6.07 Å². The number of rotatable bonds is 1. The molecule has 0 spiro atoms. The van der Waals surface area contributed by atoms with Gasteiger partial charge in [0.15, 0.2) is 0 Å². The second-order valence-electron chi connectivity index (χ2n) is 6.08. The maximum Gasteiger partial charge on any atom is 0.142 e. The molecule has 0 aromatic heterocycles. The summed E-state index contributed by atoms with van der Waals surface area (Å²) in [6, 6.07) is 19.8. The van der Waals surface area contributed by atoms with Crippen molar-refractivity contribution in [3.05, 3.63) is 99.9 Å². The lowest BCUT2D eigenvalue weighted by Gasteiger charge is -2.02. The number of nitrogens with zero attached hydrogens (tertiary/aromatic N) is 1. The maximum absolute atomic E-state index is 13.7. The highest BCUT2D eigenvalue weighted by Crippen LogP contribution is 2.14. The Morgan fingerprint density at radius 1 is 0.786 bits per heavy atom. The van der Waals surface area contributed by atoms with E-state index < -0.39 is 5.82 Å². The topological polar surface area (TPSA) is 23.8 Å². The van der Waals surface area contributed by atoms with Gasteiger partial charge >= 0.3 is 0 Å². The van der Waals surface area contributed by atoms with Crippen LogP contribution in [0.5, 0.6) is 0 Å². The molecule has 0 N–H and O–H groups in total. The number of aryl methyl sites for hydroxylation is 1. The molecule has 0 amide bonds. The highest BCUT2D eigenvalue weighted by Gasteiger charge is 2.02. The van der Waals surface area contributed by atoms with Crippen LogP contribution in [-0.2, 0) is 6.42 Å². The van der Waals surface area contributed by atoms with E-state index in [0.29, 0.717) is 5.56 Å². The van der Waals surface area contributed by atoms with Gasteiger partial charge in [0.1, 0.15) is 11.9 Å². The van der Waals surface area contributed by atoms with Gasteiger partial charge in [0.2, 0.25) is 0 Å². The zero-order valence-electron chi connectivity index (χ0n) is 15.3. The molecule has 0 saturated carbocycles. The molecule has 3 aromatic carbocycles. The molecule has 3 rings (SSSR count). The minimum absolute atomic E-state index is 0.0201. The Kier molecular flexibility index (Phi) is 6.18. The van der Waals surface area contributed by atoms with Crippen molar-refractivity contribution in [2.45, 2.75) is 18.2 Å². The zero-order chi connectivity index (χ0) is 19.9. The third-order valence-electron chi connectivity index (χ3n) is 4.14. The van der Waals surface area contributed by atoms with Gasteiger partial charge in [-0.05, 0) is 72.6 Å². The van der Waals surface area contributed by atoms with Crippen molar-refractivity contribution in [1.82, 2.24) is 0 Å². The fourth-order valence-electron chi connectivity index (χ4n) is 2.60. The molecule has 1 nitrogen and oxygen atoms in total. The van der Waals surface area contributed by atoms with E-state index in [0.717, 1.165) is 33.6 Å². The van der Waals surface area contributed by atoms with Crippen LogP contribution in [0.1, 0.15) is 40.3 Å². The van der Waals surface area contributed by atoms with Crippen LogP contribution in [0.3, 0.4) is 0 Å². The second kappa shape index (κ2) is 8.96. The lowest BCUT2D eigenvalue weighted by molar-refractivity contribution is 0.623. The number of hydrogen-bond donors (Lipinski definition) is 1. The molecule has 0 radical (unpaired) electrons. The summed E-state index contributed by atoms with van der Waals surface area (Å²) < 4.78 is 13.7. The minimum Gasteiger partial charge on any atom is -0.206 e. The first-order chi connectivity index (χ1) is 13.6. The van der Waals surface area contributed by atoms with Crippen LogP contribution >= 0.6 is 12.6 Å². The third-order valence-corrected chi connectivity index (χ3v) is 4.43. The molecular formula is C25H16FNS. The SMILES string of the molecule is CCc1cc(C#Cc2ccc(S)cc2)ccc1C#Cc1ccc(C#N)c(F)c1. The van der Waals surface area contributed by atoms with Gasteiger partial charge in [-0.25, -0.2) is 4.39 Å². The monoisotopic (exact) mass is 381 g/mol. The fraction of sp³-hybridized carbons (Fsp3) is 0.0800. The minimum atomic E-state index is -0.554. The van der Waals surface area contributed by atoms with Crippen LogP contribution in [0.2, 0.25) is 0 Å². The first-order valence-corrected chi connectivity index (χ1v) is 9.19. The van der Waals surface area contributed by atoms with Crippen molar-refractivity contribution < 1.29 is 4.39 Å². The molecule has 0 heterocycles. The predicted octanol–water partition coefficient (Wildman–Crippen LogP) is 5.35. The summed E-state index contributed by atoms with van der Waals surface area (Å²) in [5, 5.41) is 8.80. The Morgan fingerprint density at radius 3 is 2.00 bits per heavy atom. The molecule has 0 aliphatic rings. The molecule has 0 fully saturated rings. The van der Waals surface area contributed by atoms with Crippen molar-refractivity contribution >= 4 is 12.6 Å². The maximum atomic E-state index is 13.7. The van der Waals surface area contributed by atoms with Crippen LogP contribution in [0.4, 0.5) is 4.39 Å². The molecule has 0 unspecified atom stereocenters. The van der Waals surface area contributed by atoms with Crippen molar-refractivity contribution in [2.75, 3.05) is 0 Å². The molecule has 134 valence electrons. The average molecular weight is 381 g/mol. The summed E-state index contributed by atoms with van der Waals surface area (Å²) in [5.41, 5.74) is 4.38. The highest BCUT2D eigenvalue weighted by atomic mass is 32.1. The number of thiol groups is 1. The quantitative estimate of drug-likeness (QED) is 0.446. The molecule has 28 heavy (non-hydrogen) atoms. The Hall–Kier alpha value is -3.45. The van der Waals surface area contributed by atoms with E-state index in [2.05, 4.69) is 43.2 Å². The van der Waals surface area contributed by atoms with Gasteiger partial charge in [0.25, 0.3) is 0 Å². The zero-order valence-corrected chi connectivity index (χ0v) is 16.1. The third kappa shape index (κ3) is 4.83. The molecule has 0 aliphatic carbocycles. The van der Waals surface area contributed by atoms with E-state index in [4.69, 9.17) is 5.26 Å². The Labute approximate surface area is 170 Å². The van der Waals surface area contributed by atoms with Crippen LogP contribution in [0.15, 0.2) is 65.6 Å². The first-order valence-electron chi connectivity index (χ1n) is 8.74. The van der Waals surface area contributed by atoms with Crippen molar-refractivity contribution in [3.63, 3.8) is 0 Å². The van der Waals surface area contributed by atoms with Gasteiger partial charge in [0.05, 0.1) is 5.56 Å². The average Bonchev–Trinajstić information content (AvgIpc) is 2.72. The Bertz CT molecular complexity index is 1180. The summed E-state index contributed by atoms with van der Waals surface area (Å²) in [6.07, 6.45) is 0.815. The number of benzene rings is 3. The highest BCUT2D eigenvalue weighted by molar-refractivity contribution is 7.80. The summed E-state index contributed by atoms with van der Waals surface area (Å²) in [7, 11) is 0. The Morgan fingerprint density at radius 2 is 1.36 bits per heavy atom. The van der Waals surface area contributed by atoms with Gasteiger partial charge in [-0.3, -0.25) is 0 Å². The largest absolute Gasteiger partial charge is 0.206 e. The number of halogens is 1. The smallest absolute Gasteiger partial charge is 0.142 e. The molecule has 3 heteroatoms. The van der Waals surface area contributed by atoms with Crippen LogP contribution in [0, 0.1) is 40.8 Å². The van der Waals surface area contributed by atoms with Crippen LogP contribution in [0.25, 0.3) is 0 Å². The number of nitriles is 1. The van der Waals surface area contributed by atoms with Gasteiger partial charge in [-0.2, -0.15) is 5.26 Å². The van der Waals surface area contributed by atoms with Crippen LogP contribution in [-0.4, -0.2) is 0 Å². The molecule has 0 atom stereocenters. The lowest BCUT2D eigenvalue weighted by Crippen LogP contribution is -1.90. The van der Waals surface area contributed by atoms with Crippen LogP contribution < -0.4 is 0 Å². The van der Waals surface area contributed by atoms with Gasteiger partial charge in [-0.15, -0.1) is 12.6 Å². The normalized spacial score (nSPS) is 9.50. The molecule has 0 bridgehead atoms. The second-order valence-corrected chi connectivity index (χ2v) is 6.60. The first kappa shape index (κ1) is 19.3.